The number of pyridine rings is 1. The van der Waals surface area contributed by atoms with Gasteiger partial charge in [0.15, 0.2) is 0 Å². The molecule has 1 aromatic heterocycles. The fourth-order valence-corrected chi connectivity index (χ4v) is 2.81. The zero-order chi connectivity index (χ0) is 15.3. The van der Waals surface area contributed by atoms with E-state index >= 15 is 0 Å². The highest BCUT2D eigenvalue weighted by Gasteiger charge is 2.30. The lowest BCUT2D eigenvalue weighted by atomic mass is 10.0. The van der Waals surface area contributed by atoms with E-state index in [4.69, 9.17) is 0 Å². The van der Waals surface area contributed by atoms with Crippen molar-refractivity contribution in [3.05, 3.63) is 24.0 Å². The van der Waals surface area contributed by atoms with Gasteiger partial charge in [-0.25, -0.2) is 0 Å². The molecule has 1 amide bonds. The monoisotopic (exact) mass is 291 g/mol. The molecular weight excluding hydrogens is 266 g/mol. The van der Waals surface area contributed by atoms with Crippen molar-refractivity contribution < 1.29 is 9.90 Å². The van der Waals surface area contributed by atoms with Gasteiger partial charge in [-0.3, -0.25) is 9.78 Å². The number of nitrogens with zero attached hydrogens (tertiary/aromatic N) is 2. The van der Waals surface area contributed by atoms with E-state index < -0.39 is 5.60 Å². The second-order valence-corrected chi connectivity index (χ2v) is 5.69. The normalized spacial score (nSPS) is 16.7. The molecule has 0 atom stereocenters. The van der Waals surface area contributed by atoms with E-state index in [1.807, 2.05) is 19.9 Å². The first kappa shape index (κ1) is 15.8. The lowest BCUT2D eigenvalue weighted by Gasteiger charge is -2.23. The van der Waals surface area contributed by atoms with E-state index in [0.29, 0.717) is 25.3 Å². The average molecular weight is 291 g/mol. The van der Waals surface area contributed by atoms with Gasteiger partial charge >= 0.3 is 0 Å². The molecule has 1 aromatic rings. The molecule has 0 unspecified atom stereocenters. The summed E-state index contributed by atoms with van der Waals surface area (Å²) in [5.41, 5.74) is 0.676. The fraction of sp³-hybridized carbons (Fsp3) is 0.625. The Kier molecular flexibility index (Phi) is 5.17. The van der Waals surface area contributed by atoms with Crippen molar-refractivity contribution in [2.45, 2.75) is 45.1 Å². The topological polar surface area (TPSA) is 65.5 Å². The molecule has 1 saturated carbocycles. The molecule has 1 fully saturated rings. The van der Waals surface area contributed by atoms with Crippen LogP contribution in [0, 0.1) is 0 Å². The third-order valence-electron chi connectivity index (χ3n) is 4.19. The molecule has 5 heteroatoms. The standard InChI is InChI=1S/C16H25N3O2/c1-3-19(4-2)15(20)14-11-13(7-10-17-14)18-12-16(21)8-5-6-9-16/h7,10-11,21H,3-6,8-9,12H2,1-2H3,(H,17,18). The molecule has 1 heterocycles. The van der Waals surface area contributed by atoms with Crippen LogP contribution in [0.4, 0.5) is 5.69 Å². The molecule has 0 aliphatic heterocycles. The first-order chi connectivity index (χ1) is 10.1. The van der Waals surface area contributed by atoms with Gasteiger partial charge in [0.2, 0.25) is 0 Å². The van der Waals surface area contributed by atoms with Gasteiger partial charge < -0.3 is 15.3 Å². The van der Waals surface area contributed by atoms with Gasteiger partial charge in [0.25, 0.3) is 5.91 Å². The van der Waals surface area contributed by atoms with Crippen molar-refractivity contribution in [1.82, 2.24) is 9.88 Å². The molecule has 0 aromatic carbocycles. The highest BCUT2D eigenvalue weighted by atomic mass is 16.3. The van der Waals surface area contributed by atoms with Crippen LogP contribution < -0.4 is 5.32 Å². The number of carbonyl (C=O) groups excluding carboxylic acids is 1. The summed E-state index contributed by atoms with van der Waals surface area (Å²) in [5, 5.41) is 13.6. The van der Waals surface area contributed by atoms with Crippen molar-refractivity contribution >= 4 is 11.6 Å². The molecular formula is C16H25N3O2. The molecule has 5 nitrogen and oxygen atoms in total. The zero-order valence-corrected chi connectivity index (χ0v) is 12.9. The summed E-state index contributed by atoms with van der Waals surface area (Å²) >= 11 is 0. The van der Waals surface area contributed by atoms with Crippen LogP contribution in [0.15, 0.2) is 18.3 Å². The molecule has 0 bridgehead atoms. The largest absolute Gasteiger partial charge is 0.388 e. The van der Waals surface area contributed by atoms with Crippen LogP contribution in [0.5, 0.6) is 0 Å². The number of anilines is 1. The number of hydrogen-bond acceptors (Lipinski definition) is 4. The van der Waals surface area contributed by atoms with Gasteiger partial charge in [-0.15, -0.1) is 0 Å². The molecule has 116 valence electrons. The van der Waals surface area contributed by atoms with Gasteiger partial charge in [0.1, 0.15) is 5.69 Å². The third-order valence-corrected chi connectivity index (χ3v) is 4.19. The Morgan fingerprint density at radius 3 is 2.67 bits per heavy atom. The zero-order valence-electron chi connectivity index (χ0n) is 12.9. The molecule has 0 radical (unpaired) electrons. The second-order valence-electron chi connectivity index (χ2n) is 5.69. The molecule has 0 spiro atoms. The van der Waals surface area contributed by atoms with Crippen molar-refractivity contribution in [3.63, 3.8) is 0 Å². The van der Waals surface area contributed by atoms with E-state index in [0.717, 1.165) is 31.4 Å². The number of nitrogens with one attached hydrogen (secondary N) is 1. The Balaban J connectivity index is 2.02. The van der Waals surface area contributed by atoms with E-state index in [-0.39, 0.29) is 5.91 Å². The van der Waals surface area contributed by atoms with Crippen molar-refractivity contribution in [3.8, 4) is 0 Å². The summed E-state index contributed by atoms with van der Waals surface area (Å²) in [4.78, 5) is 18.2. The third kappa shape index (κ3) is 3.94. The van der Waals surface area contributed by atoms with Crippen molar-refractivity contribution in [2.24, 2.45) is 0 Å². The number of carbonyl (C=O) groups is 1. The van der Waals surface area contributed by atoms with Crippen molar-refractivity contribution in [1.29, 1.82) is 0 Å². The fourth-order valence-electron chi connectivity index (χ4n) is 2.81. The summed E-state index contributed by atoms with van der Waals surface area (Å²) < 4.78 is 0. The maximum absolute atomic E-state index is 12.3. The predicted octanol–water partition coefficient (Wildman–Crippen LogP) is 2.28. The maximum atomic E-state index is 12.3. The van der Waals surface area contributed by atoms with Crippen LogP contribution >= 0.6 is 0 Å². The van der Waals surface area contributed by atoms with Gasteiger partial charge in [-0.05, 0) is 38.8 Å². The first-order valence-electron chi connectivity index (χ1n) is 7.79. The van der Waals surface area contributed by atoms with Crippen molar-refractivity contribution in [2.75, 3.05) is 25.0 Å². The minimum absolute atomic E-state index is 0.0526. The van der Waals surface area contributed by atoms with Gasteiger partial charge in [-0.1, -0.05) is 12.8 Å². The van der Waals surface area contributed by atoms with E-state index in [1.165, 1.54) is 0 Å². The van der Waals surface area contributed by atoms with Crippen LogP contribution in [-0.2, 0) is 0 Å². The lowest BCUT2D eigenvalue weighted by molar-refractivity contribution is 0.0615. The molecule has 1 aliphatic carbocycles. The van der Waals surface area contributed by atoms with Crippen LogP contribution in [0.2, 0.25) is 0 Å². The highest BCUT2D eigenvalue weighted by molar-refractivity contribution is 5.93. The van der Waals surface area contributed by atoms with E-state index in [1.54, 1.807) is 17.2 Å². The Bertz CT molecular complexity index is 480. The molecule has 0 saturated heterocycles. The van der Waals surface area contributed by atoms with Crippen LogP contribution in [0.1, 0.15) is 50.0 Å². The lowest BCUT2D eigenvalue weighted by Crippen LogP contribution is -2.34. The highest BCUT2D eigenvalue weighted by Crippen LogP contribution is 2.29. The Morgan fingerprint density at radius 1 is 1.38 bits per heavy atom. The number of aliphatic hydroxyl groups is 1. The smallest absolute Gasteiger partial charge is 0.272 e. The van der Waals surface area contributed by atoms with E-state index in [9.17, 15) is 9.90 Å². The van der Waals surface area contributed by atoms with Gasteiger partial charge in [-0.2, -0.15) is 0 Å². The Hall–Kier alpha value is -1.62. The Morgan fingerprint density at radius 2 is 2.05 bits per heavy atom. The molecule has 2 N–H and O–H groups in total. The molecule has 1 aliphatic rings. The number of aromatic nitrogens is 1. The van der Waals surface area contributed by atoms with Gasteiger partial charge in [0, 0.05) is 31.5 Å². The summed E-state index contributed by atoms with van der Waals surface area (Å²) in [5.74, 6) is -0.0526. The Labute approximate surface area is 126 Å². The summed E-state index contributed by atoms with van der Waals surface area (Å²) in [7, 11) is 0. The maximum Gasteiger partial charge on any atom is 0.272 e. The minimum Gasteiger partial charge on any atom is -0.388 e. The first-order valence-corrected chi connectivity index (χ1v) is 7.79. The summed E-state index contributed by atoms with van der Waals surface area (Å²) in [6, 6.07) is 3.59. The van der Waals surface area contributed by atoms with E-state index in [2.05, 4.69) is 10.3 Å². The van der Waals surface area contributed by atoms with Crippen LogP contribution in [0.25, 0.3) is 0 Å². The molecule has 2 rings (SSSR count). The SMILES string of the molecule is CCN(CC)C(=O)c1cc(NCC2(O)CCCC2)ccn1. The van der Waals surface area contributed by atoms with Crippen LogP contribution in [-0.4, -0.2) is 46.1 Å². The average Bonchev–Trinajstić information content (AvgIpc) is 2.94. The minimum atomic E-state index is -0.605. The number of rotatable bonds is 6. The van der Waals surface area contributed by atoms with Crippen LogP contribution in [0.3, 0.4) is 0 Å². The quantitative estimate of drug-likeness (QED) is 0.844. The molecule has 21 heavy (non-hydrogen) atoms. The predicted molar refractivity (Wildman–Crippen MR) is 83.4 cm³/mol. The van der Waals surface area contributed by atoms with Gasteiger partial charge in [0.05, 0.1) is 5.60 Å². The number of amides is 1. The summed E-state index contributed by atoms with van der Waals surface area (Å²) in [6.07, 6.45) is 5.49. The second kappa shape index (κ2) is 6.89. The summed E-state index contributed by atoms with van der Waals surface area (Å²) in [6.45, 7) is 5.79. The number of hydrogen-bond donors (Lipinski definition) is 2.